The van der Waals surface area contributed by atoms with Crippen molar-refractivity contribution in [3.05, 3.63) is 58.5 Å². The van der Waals surface area contributed by atoms with E-state index in [1.807, 2.05) is 30.3 Å². The highest BCUT2D eigenvalue weighted by Gasteiger charge is 2.50. The van der Waals surface area contributed by atoms with E-state index in [-0.39, 0.29) is 23.1 Å². The van der Waals surface area contributed by atoms with Crippen molar-refractivity contribution in [2.75, 3.05) is 0 Å². The number of hydrogen-bond donors (Lipinski definition) is 2. The molecule has 1 heterocycles. The van der Waals surface area contributed by atoms with Crippen LogP contribution >= 0.6 is 0 Å². The fourth-order valence-electron chi connectivity index (χ4n) is 3.02. The first-order valence-corrected chi connectivity index (χ1v) is 8.00. The SMILES string of the molecule is CC(N[C@H]1C[C@@H](Oc2ccccc2)C1(C)C)c1ccc(=O)[nH]n1. The molecule has 1 saturated carbocycles. The Hall–Kier alpha value is -2.14. The summed E-state index contributed by atoms with van der Waals surface area (Å²) in [6, 6.07) is 13.6. The molecule has 0 saturated heterocycles. The molecule has 3 atom stereocenters. The van der Waals surface area contributed by atoms with Crippen molar-refractivity contribution in [3.8, 4) is 5.75 Å². The van der Waals surface area contributed by atoms with Crippen LogP contribution in [0.15, 0.2) is 47.3 Å². The zero-order valence-electron chi connectivity index (χ0n) is 13.7. The number of H-pyrrole nitrogens is 1. The number of ether oxygens (including phenoxy) is 1. The normalized spacial score (nSPS) is 23.8. The van der Waals surface area contributed by atoms with E-state index >= 15 is 0 Å². The minimum atomic E-state index is -0.179. The van der Waals surface area contributed by atoms with Gasteiger partial charge in [-0.15, -0.1) is 0 Å². The van der Waals surface area contributed by atoms with Gasteiger partial charge in [-0.05, 0) is 25.1 Å². The molecule has 2 N–H and O–H groups in total. The Morgan fingerprint density at radius 1 is 1.26 bits per heavy atom. The van der Waals surface area contributed by atoms with Gasteiger partial charge in [0.15, 0.2) is 0 Å². The summed E-state index contributed by atoms with van der Waals surface area (Å²) in [6.45, 7) is 6.49. The third-order valence-corrected chi connectivity index (χ3v) is 4.79. The van der Waals surface area contributed by atoms with Crippen LogP contribution in [0.5, 0.6) is 5.75 Å². The molecule has 1 aliphatic rings. The van der Waals surface area contributed by atoms with Crippen LogP contribution in [0.25, 0.3) is 0 Å². The van der Waals surface area contributed by atoms with Crippen LogP contribution in [0, 0.1) is 5.41 Å². The standard InChI is InChI=1S/C18H23N3O2/c1-12(14-9-10-17(22)21-20-14)19-15-11-16(18(15,2)3)23-13-7-5-4-6-8-13/h4-10,12,15-16,19H,11H2,1-3H3,(H,21,22)/t12?,15-,16+/m0/s1. The number of hydrogen-bond acceptors (Lipinski definition) is 4. The van der Waals surface area contributed by atoms with Crippen LogP contribution in [-0.4, -0.2) is 22.3 Å². The molecule has 0 bridgehead atoms. The lowest BCUT2D eigenvalue weighted by atomic mass is 9.64. The van der Waals surface area contributed by atoms with Gasteiger partial charge in [-0.2, -0.15) is 5.10 Å². The molecule has 1 unspecified atom stereocenters. The van der Waals surface area contributed by atoms with Gasteiger partial charge >= 0.3 is 0 Å². The molecule has 1 aliphatic carbocycles. The summed E-state index contributed by atoms with van der Waals surface area (Å²) < 4.78 is 6.10. The summed E-state index contributed by atoms with van der Waals surface area (Å²) in [4.78, 5) is 11.1. The summed E-state index contributed by atoms with van der Waals surface area (Å²) in [7, 11) is 0. The summed E-state index contributed by atoms with van der Waals surface area (Å²) in [6.07, 6.45) is 1.15. The molecule has 0 radical (unpaired) electrons. The van der Waals surface area contributed by atoms with E-state index in [0.29, 0.717) is 6.04 Å². The number of aromatic amines is 1. The monoisotopic (exact) mass is 313 g/mol. The Morgan fingerprint density at radius 3 is 2.61 bits per heavy atom. The van der Waals surface area contributed by atoms with E-state index in [1.165, 1.54) is 6.07 Å². The van der Waals surface area contributed by atoms with Crippen LogP contribution < -0.4 is 15.6 Å². The quantitative estimate of drug-likeness (QED) is 0.890. The number of para-hydroxylation sites is 1. The first kappa shape index (κ1) is 15.7. The van der Waals surface area contributed by atoms with Crippen LogP contribution in [0.2, 0.25) is 0 Å². The van der Waals surface area contributed by atoms with E-state index in [0.717, 1.165) is 17.9 Å². The van der Waals surface area contributed by atoms with E-state index in [4.69, 9.17) is 4.74 Å². The minimum Gasteiger partial charge on any atom is -0.490 e. The Labute approximate surface area is 136 Å². The molecule has 5 heteroatoms. The Bertz CT molecular complexity index is 691. The van der Waals surface area contributed by atoms with Gasteiger partial charge in [0.05, 0.1) is 5.69 Å². The summed E-state index contributed by atoms with van der Waals surface area (Å²) >= 11 is 0. The first-order chi connectivity index (χ1) is 11.0. The lowest BCUT2D eigenvalue weighted by Gasteiger charge is -2.52. The van der Waals surface area contributed by atoms with Crippen molar-refractivity contribution >= 4 is 0 Å². The molecule has 1 aromatic heterocycles. The van der Waals surface area contributed by atoms with Crippen molar-refractivity contribution < 1.29 is 4.74 Å². The highest BCUT2D eigenvalue weighted by molar-refractivity contribution is 5.23. The van der Waals surface area contributed by atoms with Gasteiger partial charge in [0.1, 0.15) is 11.9 Å². The molecule has 1 fully saturated rings. The van der Waals surface area contributed by atoms with E-state index in [9.17, 15) is 4.79 Å². The van der Waals surface area contributed by atoms with Crippen molar-refractivity contribution in [1.29, 1.82) is 0 Å². The van der Waals surface area contributed by atoms with Gasteiger partial charge in [-0.1, -0.05) is 32.0 Å². The maximum Gasteiger partial charge on any atom is 0.264 e. The molecule has 5 nitrogen and oxygen atoms in total. The summed E-state index contributed by atoms with van der Waals surface area (Å²) in [5.74, 6) is 0.916. The van der Waals surface area contributed by atoms with E-state index in [2.05, 4.69) is 36.3 Å². The molecule has 1 aromatic carbocycles. The molecule has 2 aromatic rings. The third-order valence-electron chi connectivity index (χ3n) is 4.79. The fourth-order valence-corrected chi connectivity index (χ4v) is 3.02. The Kier molecular flexibility index (Phi) is 4.22. The molecule has 0 spiro atoms. The van der Waals surface area contributed by atoms with E-state index in [1.54, 1.807) is 6.07 Å². The summed E-state index contributed by atoms with van der Waals surface area (Å²) in [5, 5.41) is 10.2. The van der Waals surface area contributed by atoms with Crippen molar-refractivity contribution in [1.82, 2.24) is 15.5 Å². The number of benzene rings is 1. The van der Waals surface area contributed by atoms with Crippen LogP contribution in [0.1, 0.15) is 38.9 Å². The molecule has 0 aliphatic heterocycles. The minimum absolute atomic E-state index is 0.0340. The Balaban J connectivity index is 1.60. The van der Waals surface area contributed by atoms with Gasteiger partial charge in [0.2, 0.25) is 0 Å². The van der Waals surface area contributed by atoms with Gasteiger partial charge in [-0.3, -0.25) is 4.79 Å². The van der Waals surface area contributed by atoms with Gasteiger partial charge in [0, 0.05) is 30.0 Å². The number of nitrogens with zero attached hydrogens (tertiary/aromatic N) is 1. The maximum atomic E-state index is 11.1. The van der Waals surface area contributed by atoms with Crippen LogP contribution in [0.3, 0.4) is 0 Å². The zero-order chi connectivity index (χ0) is 16.4. The average Bonchev–Trinajstić information content (AvgIpc) is 2.55. The lowest BCUT2D eigenvalue weighted by Crippen LogP contribution is -2.62. The van der Waals surface area contributed by atoms with Crippen molar-refractivity contribution in [2.24, 2.45) is 5.41 Å². The molecule has 0 amide bonds. The van der Waals surface area contributed by atoms with Gasteiger partial charge in [-0.25, -0.2) is 5.10 Å². The second-order valence-electron chi connectivity index (χ2n) is 6.76. The van der Waals surface area contributed by atoms with E-state index < -0.39 is 0 Å². The zero-order valence-corrected chi connectivity index (χ0v) is 13.7. The second kappa shape index (κ2) is 6.16. The average molecular weight is 313 g/mol. The van der Waals surface area contributed by atoms with Crippen molar-refractivity contribution in [2.45, 2.75) is 45.4 Å². The topological polar surface area (TPSA) is 67.0 Å². The maximum absolute atomic E-state index is 11.1. The van der Waals surface area contributed by atoms with Crippen LogP contribution in [0.4, 0.5) is 0 Å². The Morgan fingerprint density at radius 2 is 2.00 bits per heavy atom. The van der Waals surface area contributed by atoms with Gasteiger partial charge < -0.3 is 10.1 Å². The van der Waals surface area contributed by atoms with Gasteiger partial charge in [0.25, 0.3) is 5.56 Å². The highest BCUT2D eigenvalue weighted by atomic mass is 16.5. The predicted molar refractivity (Wildman–Crippen MR) is 89.5 cm³/mol. The number of nitrogens with one attached hydrogen (secondary N) is 2. The fraction of sp³-hybridized carbons (Fsp3) is 0.444. The predicted octanol–water partition coefficient (Wildman–Crippen LogP) is 2.67. The molecular weight excluding hydrogens is 290 g/mol. The molecule has 23 heavy (non-hydrogen) atoms. The number of aromatic nitrogens is 2. The number of rotatable bonds is 5. The second-order valence-corrected chi connectivity index (χ2v) is 6.76. The van der Waals surface area contributed by atoms with Crippen LogP contribution in [-0.2, 0) is 0 Å². The van der Waals surface area contributed by atoms with Crippen molar-refractivity contribution in [3.63, 3.8) is 0 Å². The molecular formula is C18H23N3O2. The highest BCUT2D eigenvalue weighted by Crippen LogP contribution is 2.43. The molecule has 122 valence electrons. The smallest absolute Gasteiger partial charge is 0.264 e. The largest absolute Gasteiger partial charge is 0.490 e. The first-order valence-electron chi connectivity index (χ1n) is 8.00. The molecule has 3 rings (SSSR count). The lowest BCUT2D eigenvalue weighted by molar-refractivity contribution is -0.0584. The third kappa shape index (κ3) is 3.29. The summed E-state index contributed by atoms with van der Waals surface area (Å²) in [5.41, 5.74) is 0.695.